The maximum atomic E-state index is 10.1. The Labute approximate surface area is 58.8 Å². The van der Waals surface area contributed by atoms with E-state index in [0.29, 0.717) is 6.29 Å². The zero-order valence-electron chi connectivity index (χ0n) is 5.39. The van der Waals surface area contributed by atoms with Crippen LogP contribution >= 0.6 is 11.6 Å². The molecule has 0 saturated heterocycles. The summed E-state index contributed by atoms with van der Waals surface area (Å²) in [5.74, 6) is 0. The molecule has 0 aliphatic rings. The molecule has 0 unspecified atom stereocenters. The second-order valence-corrected chi connectivity index (χ2v) is 3.07. The van der Waals surface area contributed by atoms with Gasteiger partial charge >= 0.3 is 0 Å². The number of carbonyl (C=O) groups excluding carboxylic acids is 1. The van der Waals surface area contributed by atoms with Crippen LogP contribution in [-0.4, -0.2) is 22.0 Å². The van der Waals surface area contributed by atoms with Crippen molar-refractivity contribution in [2.24, 2.45) is 5.73 Å². The van der Waals surface area contributed by atoms with Crippen LogP contribution in [0.5, 0.6) is 0 Å². The average molecular weight is 152 g/mol. The van der Waals surface area contributed by atoms with Gasteiger partial charge in [-0.2, -0.15) is 0 Å². The van der Waals surface area contributed by atoms with Crippen molar-refractivity contribution < 1.29 is 9.90 Å². The SMILES string of the molecule is CC(C)(O)[C@@](N)(Cl)C=O. The van der Waals surface area contributed by atoms with E-state index in [2.05, 4.69) is 0 Å². The quantitative estimate of drug-likeness (QED) is 0.328. The minimum absolute atomic E-state index is 0.314. The van der Waals surface area contributed by atoms with Gasteiger partial charge in [-0.3, -0.25) is 4.79 Å². The van der Waals surface area contributed by atoms with E-state index in [1.165, 1.54) is 13.8 Å². The van der Waals surface area contributed by atoms with Gasteiger partial charge in [-0.1, -0.05) is 11.6 Å². The van der Waals surface area contributed by atoms with Gasteiger partial charge in [0.2, 0.25) is 0 Å². The van der Waals surface area contributed by atoms with Crippen LogP contribution in [0.2, 0.25) is 0 Å². The van der Waals surface area contributed by atoms with Gasteiger partial charge in [-0.25, -0.2) is 0 Å². The standard InChI is InChI=1S/C5H10ClNO2/c1-4(2,9)5(6,7)3-8/h3,9H,7H2,1-2H3/t5-/m1/s1. The Morgan fingerprint density at radius 1 is 1.67 bits per heavy atom. The summed E-state index contributed by atoms with van der Waals surface area (Å²) in [6.45, 7) is 2.74. The summed E-state index contributed by atoms with van der Waals surface area (Å²) in [6, 6.07) is 0. The highest BCUT2D eigenvalue weighted by atomic mass is 35.5. The summed E-state index contributed by atoms with van der Waals surface area (Å²) in [7, 11) is 0. The molecule has 0 aliphatic heterocycles. The van der Waals surface area contributed by atoms with Crippen LogP contribution in [0.25, 0.3) is 0 Å². The Bertz CT molecular complexity index is 117. The van der Waals surface area contributed by atoms with Crippen molar-refractivity contribution in [2.75, 3.05) is 0 Å². The maximum absolute atomic E-state index is 10.1. The average Bonchev–Trinajstić information content (AvgIpc) is 1.64. The maximum Gasteiger partial charge on any atom is 0.175 e. The minimum atomic E-state index is -1.67. The Balaban J connectivity index is 4.32. The van der Waals surface area contributed by atoms with Gasteiger partial charge in [0, 0.05) is 0 Å². The smallest absolute Gasteiger partial charge is 0.175 e. The molecular formula is C5H10ClNO2. The van der Waals surface area contributed by atoms with E-state index >= 15 is 0 Å². The van der Waals surface area contributed by atoms with E-state index in [4.69, 9.17) is 22.4 Å². The molecule has 54 valence electrons. The van der Waals surface area contributed by atoms with E-state index in [-0.39, 0.29) is 0 Å². The van der Waals surface area contributed by atoms with Gasteiger partial charge < -0.3 is 10.8 Å². The van der Waals surface area contributed by atoms with Crippen molar-refractivity contribution in [1.82, 2.24) is 0 Å². The highest BCUT2D eigenvalue weighted by molar-refractivity contribution is 6.31. The summed E-state index contributed by atoms with van der Waals surface area (Å²) in [5, 5.41) is 9.06. The second kappa shape index (κ2) is 2.25. The van der Waals surface area contributed by atoms with E-state index in [1.807, 2.05) is 0 Å². The van der Waals surface area contributed by atoms with Crippen molar-refractivity contribution in [2.45, 2.75) is 24.4 Å². The van der Waals surface area contributed by atoms with Gasteiger partial charge in [0.1, 0.15) is 0 Å². The molecule has 0 fully saturated rings. The molecule has 4 heteroatoms. The van der Waals surface area contributed by atoms with Crippen LogP contribution in [0.4, 0.5) is 0 Å². The van der Waals surface area contributed by atoms with Crippen molar-refractivity contribution in [3.63, 3.8) is 0 Å². The van der Waals surface area contributed by atoms with Crippen molar-refractivity contribution in [3.8, 4) is 0 Å². The van der Waals surface area contributed by atoms with Crippen LogP contribution in [-0.2, 0) is 4.79 Å². The molecule has 0 aliphatic carbocycles. The van der Waals surface area contributed by atoms with Crippen LogP contribution in [0.3, 0.4) is 0 Å². The molecular weight excluding hydrogens is 142 g/mol. The molecule has 1 atom stereocenters. The Morgan fingerprint density at radius 2 is 2.00 bits per heavy atom. The third kappa shape index (κ3) is 1.93. The summed E-state index contributed by atoms with van der Waals surface area (Å²) < 4.78 is 0. The number of alkyl halides is 1. The topological polar surface area (TPSA) is 63.3 Å². The summed E-state index contributed by atoms with van der Waals surface area (Å²) in [4.78, 5) is 8.38. The lowest BCUT2D eigenvalue weighted by atomic mass is 10.0. The van der Waals surface area contributed by atoms with Crippen LogP contribution in [0.15, 0.2) is 0 Å². The second-order valence-electron chi connectivity index (χ2n) is 2.44. The van der Waals surface area contributed by atoms with E-state index in [0.717, 1.165) is 0 Å². The molecule has 0 radical (unpaired) electrons. The van der Waals surface area contributed by atoms with Gasteiger partial charge in [-0.05, 0) is 13.8 Å². The highest BCUT2D eigenvalue weighted by Gasteiger charge is 2.38. The first-order valence-electron chi connectivity index (χ1n) is 2.48. The number of aldehydes is 1. The lowest BCUT2D eigenvalue weighted by Gasteiger charge is -2.28. The van der Waals surface area contributed by atoms with Gasteiger partial charge in [0.05, 0.1) is 5.60 Å². The van der Waals surface area contributed by atoms with Gasteiger partial charge in [-0.15, -0.1) is 0 Å². The number of hydrogen-bond acceptors (Lipinski definition) is 3. The Kier molecular flexibility index (Phi) is 2.22. The van der Waals surface area contributed by atoms with Crippen LogP contribution < -0.4 is 5.73 Å². The number of halogens is 1. The fourth-order valence-electron chi connectivity index (χ4n) is 0.144. The predicted octanol–water partition coefficient (Wildman–Crippen LogP) is -0.150. The third-order valence-electron chi connectivity index (χ3n) is 1.11. The zero-order valence-corrected chi connectivity index (χ0v) is 6.14. The predicted molar refractivity (Wildman–Crippen MR) is 35.1 cm³/mol. The van der Waals surface area contributed by atoms with Crippen molar-refractivity contribution in [1.29, 1.82) is 0 Å². The molecule has 9 heavy (non-hydrogen) atoms. The fraction of sp³-hybridized carbons (Fsp3) is 0.800. The largest absolute Gasteiger partial charge is 0.387 e. The molecule has 0 aromatic heterocycles. The molecule has 0 heterocycles. The summed E-state index contributed by atoms with van der Waals surface area (Å²) in [6.07, 6.45) is 0.314. The molecule has 3 N–H and O–H groups in total. The molecule has 0 spiro atoms. The van der Waals surface area contributed by atoms with Crippen molar-refractivity contribution >= 4 is 17.9 Å². The first kappa shape index (κ1) is 8.88. The van der Waals surface area contributed by atoms with E-state index in [9.17, 15) is 4.79 Å². The Morgan fingerprint density at radius 3 is 2.00 bits per heavy atom. The molecule has 0 rings (SSSR count). The van der Waals surface area contributed by atoms with Gasteiger partial charge in [0.25, 0.3) is 0 Å². The van der Waals surface area contributed by atoms with E-state index in [1.54, 1.807) is 0 Å². The molecule has 0 amide bonds. The summed E-state index contributed by atoms with van der Waals surface area (Å²) >= 11 is 5.36. The number of aliphatic hydroxyl groups is 1. The first-order valence-corrected chi connectivity index (χ1v) is 2.85. The monoisotopic (exact) mass is 151 g/mol. The molecule has 3 nitrogen and oxygen atoms in total. The molecule has 0 saturated carbocycles. The lowest BCUT2D eigenvalue weighted by Crippen LogP contribution is -2.54. The van der Waals surface area contributed by atoms with E-state index < -0.39 is 10.6 Å². The molecule has 0 aromatic rings. The number of nitrogens with two attached hydrogens (primary N) is 1. The third-order valence-corrected chi connectivity index (χ3v) is 1.66. The normalized spacial score (nSPS) is 18.8. The Hall–Kier alpha value is -0.120. The molecule has 0 aromatic carbocycles. The van der Waals surface area contributed by atoms with Crippen LogP contribution in [0, 0.1) is 0 Å². The van der Waals surface area contributed by atoms with Gasteiger partial charge in [0.15, 0.2) is 11.3 Å². The van der Waals surface area contributed by atoms with Crippen molar-refractivity contribution in [3.05, 3.63) is 0 Å². The number of rotatable bonds is 2. The lowest BCUT2D eigenvalue weighted by molar-refractivity contribution is -0.115. The zero-order chi connectivity index (χ0) is 7.71. The first-order chi connectivity index (χ1) is 3.81. The summed E-state index contributed by atoms with van der Waals surface area (Å²) in [5.41, 5.74) is 3.76. The fourth-order valence-corrected chi connectivity index (χ4v) is 0.144. The minimum Gasteiger partial charge on any atom is -0.387 e. The molecule has 0 bridgehead atoms. The number of carbonyl (C=O) groups is 1. The number of hydrogen-bond donors (Lipinski definition) is 2. The van der Waals surface area contributed by atoms with Crippen LogP contribution in [0.1, 0.15) is 13.8 Å². The highest BCUT2D eigenvalue weighted by Crippen LogP contribution is 2.20.